The van der Waals surface area contributed by atoms with Crippen molar-refractivity contribution in [1.29, 1.82) is 0 Å². The van der Waals surface area contributed by atoms with Crippen LogP contribution in [0, 0.1) is 0 Å². The molecule has 210 valence electrons. The highest BCUT2D eigenvalue weighted by molar-refractivity contribution is 5.89. The predicted octanol–water partition coefficient (Wildman–Crippen LogP) is 1.99. The van der Waals surface area contributed by atoms with Gasteiger partial charge < -0.3 is 36.2 Å². The highest BCUT2D eigenvalue weighted by Crippen LogP contribution is 2.32. The number of hydrogen-bond acceptors (Lipinski definition) is 8. The number of imidazole rings is 1. The van der Waals surface area contributed by atoms with Gasteiger partial charge in [0.05, 0.1) is 12.0 Å². The number of rotatable bonds is 8. The van der Waals surface area contributed by atoms with Gasteiger partial charge in [0.1, 0.15) is 23.8 Å². The Hall–Kier alpha value is -3.74. The number of fused-ring (bicyclic) bond motifs is 1. The molecule has 0 aliphatic carbocycles. The molecule has 4 atom stereocenters. The van der Waals surface area contributed by atoms with E-state index in [4.69, 9.17) is 10.5 Å². The van der Waals surface area contributed by atoms with Crippen molar-refractivity contribution >= 4 is 34.5 Å². The maximum atomic E-state index is 12.9. The highest BCUT2D eigenvalue weighted by Gasteiger charge is 2.45. The first-order valence-electron chi connectivity index (χ1n) is 13.0. The van der Waals surface area contributed by atoms with Gasteiger partial charge in [-0.2, -0.15) is 0 Å². The van der Waals surface area contributed by atoms with Crippen LogP contribution < -0.4 is 16.4 Å². The fraction of sp³-hybridized carbons (Fsp3) is 0.481. The molecule has 1 saturated heterocycles. The normalized spacial score (nSPS) is 21.2. The Morgan fingerprint density at radius 2 is 1.85 bits per heavy atom. The van der Waals surface area contributed by atoms with Gasteiger partial charge in [-0.15, -0.1) is 0 Å². The molecule has 12 nitrogen and oxygen atoms in total. The topological polar surface area (TPSA) is 168 Å². The molecule has 6 N–H and O–H groups in total. The second kappa shape index (κ2) is 11.6. The maximum absolute atomic E-state index is 12.9. The van der Waals surface area contributed by atoms with Crippen LogP contribution in [0.3, 0.4) is 0 Å². The molecule has 2 aromatic heterocycles. The quantitative estimate of drug-likeness (QED) is 0.290. The van der Waals surface area contributed by atoms with E-state index in [2.05, 4.69) is 41.4 Å². The Kier molecular flexibility index (Phi) is 8.38. The molecule has 0 spiro atoms. The average Bonchev–Trinajstić information content (AvgIpc) is 3.44. The minimum Gasteiger partial charge on any atom is -0.397 e. The molecule has 3 amide bonds. The van der Waals surface area contributed by atoms with Crippen molar-refractivity contribution in [2.24, 2.45) is 0 Å². The molecule has 0 unspecified atom stereocenters. The van der Waals surface area contributed by atoms with Crippen LogP contribution in [0.15, 0.2) is 42.9 Å². The molecular weight excluding hydrogens is 502 g/mol. The molecule has 4 rings (SSSR count). The average molecular weight is 540 g/mol. The van der Waals surface area contributed by atoms with Crippen LogP contribution in [0.1, 0.15) is 45.9 Å². The summed E-state index contributed by atoms with van der Waals surface area (Å²) in [5.74, 6) is -0.219. The number of anilines is 2. The van der Waals surface area contributed by atoms with Gasteiger partial charge in [-0.3, -0.25) is 9.36 Å². The smallest absolute Gasteiger partial charge is 0.319 e. The van der Waals surface area contributed by atoms with Crippen LogP contribution in [0.5, 0.6) is 0 Å². The molecule has 0 bridgehead atoms. The number of amides is 3. The van der Waals surface area contributed by atoms with Gasteiger partial charge in [0.25, 0.3) is 0 Å². The lowest BCUT2D eigenvalue weighted by Crippen LogP contribution is -2.43. The Labute approximate surface area is 227 Å². The first kappa shape index (κ1) is 28.3. The van der Waals surface area contributed by atoms with Gasteiger partial charge >= 0.3 is 6.03 Å². The summed E-state index contributed by atoms with van der Waals surface area (Å²) in [6, 6.07) is 8.85. The summed E-state index contributed by atoms with van der Waals surface area (Å²) < 4.78 is 7.49. The largest absolute Gasteiger partial charge is 0.397 e. The number of aliphatic hydroxyl groups excluding tert-OH is 2. The number of likely N-dealkylation sites (N-methyl/N-ethyl adjacent to an activating group) is 1. The van der Waals surface area contributed by atoms with E-state index in [9.17, 15) is 19.8 Å². The monoisotopic (exact) mass is 539 g/mol. The van der Waals surface area contributed by atoms with Crippen LogP contribution in [0.4, 0.5) is 16.2 Å². The standard InChI is InChI=1S/C27H37N7O5/c1-5-33(20(35)11-13-30-26(38)32-17-8-6-16(7-9-17)27(2,3)4)14-19-22(36)23(37)25(39-19)34-15-31-21-18(28)10-12-29-24(21)34/h6-10,12,15,19,22-23,25,36-37H,5,11,13-14H2,1-4H3,(H2,28,29)(H2,30,32,38)/t19-,22-,23-,25-/m1/s1. The number of benzene rings is 1. The van der Waals surface area contributed by atoms with Crippen LogP contribution in [0.25, 0.3) is 11.2 Å². The molecule has 3 aromatic rings. The Morgan fingerprint density at radius 1 is 1.13 bits per heavy atom. The molecule has 0 radical (unpaired) electrons. The van der Waals surface area contributed by atoms with Crippen molar-refractivity contribution < 1.29 is 24.5 Å². The predicted molar refractivity (Wildman–Crippen MR) is 147 cm³/mol. The summed E-state index contributed by atoms with van der Waals surface area (Å²) in [5.41, 5.74) is 9.11. The minimum absolute atomic E-state index is 0.0184. The van der Waals surface area contributed by atoms with E-state index in [1.807, 2.05) is 31.2 Å². The van der Waals surface area contributed by atoms with Gasteiger partial charge in [0.2, 0.25) is 5.91 Å². The van der Waals surface area contributed by atoms with E-state index in [0.29, 0.717) is 29.1 Å². The number of aliphatic hydroxyl groups is 2. The summed E-state index contributed by atoms with van der Waals surface area (Å²) >= 11 is 0. The number of hydrogen-bond donors (Lipinski definition) is 5. The summed E-state index contributed by atoms with van der Waals surface area (Å²) in [7, 11) is 0. The van der Waals surface area contributed by atoms with Crippen molar-refractivity contribution in [1.82, 2.24) is 24.8 Å². The number of nitrogens with two attached hydrogens (primary N) is 1. The summed E-state index contributed by atoms with van der Waals surface area (Å²) in [6.45, 7) is 8.74. The fourth-order valence-electron chi connectivity index (χ4n) is 4.54. The van der Waals surface area contributed by atoms with E-state index in [-0.39, 0.29) is 30.8 Å². The number of carbonyl (C=O) groups is 2. The fourth-order valence-corrected chi connectivity index (χ4v) is 4.54. The third-order valence-electron chi connectivity index (χ3n) is 6.87. The Bertz CT molecular complexity index is 1300. The molecule has 1 aliphatic rings. The number of ether oxygens (including phenoxy) is 1. The number of aromatic nitrogens is 3. The second-order valence-electron chi connectivity index (χ2n) is 10.7. The lowest BCUT2D eigenvalue weighted by atomic mass is 9.87. The zero-order valence-corrected chi connectivity index (χ0v) is 22.7. The summed E-state index contributed by atoms with van der Waals surface area (Å²) in [6.07, 6.45) is -1.22. The first-order chi connectivity index (χ1) is 18.5. The number of pyridine rings is 1. The summed E-state index contributed by atoms with van der Waals surface area (Å²) in [4.78, 5) is 35.2. The van der Waals surface area contributed by atoms with Crippen molar-refractivity contribution in [2.75, 3.05) is 30.7 Å². The van der Waals surface area contributed by atoms with Crippen molar-refractivity contribution in [3.05, 3.63) is 48.4 Å². The van der Waals surface area contributed by atoms with Crippen molar-refractivity contribution in [2.45, 2.75) is 64.1 Å². The lowest BCUT2D eigenvalue weighted by Gasteiger charge is -2.26. The van der Waals surface area contributed by atoms with Crippen LogP contribution in [-0.4, -0.2) is 79.5 Å². The zero-order chi connectivity index (χ0) is 28.3. The lowest BCUT2D eigenvalue weighted by molar-refractivity contribution is -0.134. The molecule has 0 saturated carbocycles. The van der Waals surface area contributed by atoms with Gasteiger partial charge in [-0.05, 0) is 36.1 Å². The number of nitrogens with zero attached hydrogens (tertiary/aromatic N) is 4. The molecule has 12 heteroatoms. The minimum atomic E-state index is -1.26. The van der Waals surface area contributed by atoms with Crippen LogP contribution in [-0.2, 0) is 14.9 Å². The number of nitrogen functional groups attached to an aromatic ring is 1. The SMILES string of the molecule is CCN(C[C@H]1O[C@@H](n2cnc3c(N)ccnc32)[C@H](O)[C@@H]1O)C(=O)CCNC(=O)Nc1ccc(C(C)(C)C)cc1. The van der Waals surface area contributed by atoms with Crippen LogP contribution in [0.2, 0.25) is 0 Å². The van der Waals surface area contributed by atoms with Gasteiger partial charge in [0.15, 0.2) is 11.9 Å². The highest BCUT2D eigenvalue weighted by atomic mass is 16.6. The van der Waals surface area contributed by atoms with E-state index in [0.717, 1.165) is 5.56 Å². The van der Waals surface area contributed by atoms with Crippen molar-refractivity contribution in [3.8, 4) is 0 Å². The third-order valence-corrected chi connectivity index (χ3v) is 6.87. The van der Waals surface area contributed by atoms with Gasteiger partial charge in [-0.1, -0.05) is 32.9 Å². The molecule has 1 fully saturated rings. The van der Waals surface area contributed by atoms with Crippen LogP contribution >= 0.6 is 0 Å². The van der Waals surface area contributed by atoms with Gasteiger partial charge in [0, 0.05) is 37.9 Å². The summed E-state index contributed by atoms with van der Waals surface area (Å²) in [5, 5.41) is 26.8. The van der Waals surface area contributed by atoms with E-state index in [1.165, 1.54) is 22.0 Å². The van der Waals surface area contributed by atoms with E-state index in [1.54, 1.807) is 6.07 Å². The van der Waals surface area contributed by atoms with Gasteiger partial charge in [-0.25, -0.2) is 14.8 Å². The third kappa shape index (κ3) is 6.29. The Morgan fingerprint density at radius 3 is 2.51 bits per heavy atom. The maximum Gasteiger partial charge on any atom is 0.319 e. The molecular formula is C27H37N7O5. The first-order valence-corrected chi connectivity index (χ1v) is 13.0. The Balaban J connectivity index is 1.29. The molecule has 1 aliphatic heterocycles. The van der Waals surface area contributed by atoms with E-state index < -0.39 is 30.6 Å². The number of urea groups is 1. The second-order valence-corrected chi connectivity index (χ2v) is 10.7. The number of nitrogens with one attached hydrogen (secondary N) is 2. The molecule has 1 aromatic carbocycles. The van der Waals surface area contributed by atoms with E-state index >= 15 is 0 Å². The van der Waals surface area contributed by atoms with Crippen molar-refractivity contribution in [3.63, 3.8) is 0 Å². The molecule has 39 heavy (non-hydrogen) atoms. The number of carbonyl (C=O) groups excluding carboxylic acids is 2. The zero-order valence-electron chi connectivity index (χ0n) is 22.7. The molecule has 3 heterocycles.